The van der Waals surface area contributed by atoms with Crippen molar-refractivity contribution in [2.75, 3.05) is 18.6 Å². The summed E-state index contributed by atoms with van der Waals surface area (Å²) in [6.07, 6.45) is 1.68. The molecule has 85 heavy (non-hydrogen) atoms. The number of nitrogens with zero attached hydrogens (tertiary/aromatic N) is 3. The molecule has 15 heteroatoms. The van der Waals surface area contributed by atoms with Crippen LogP contribution < -0.4 is 11.1 Å². The highest BCUT2D eigenvalue weighted by Gasteiger charge is 2.55. The van der Waals surface area contributed by atoms with E-state index in [0.717, 1.165) is 27.9 Å². The number of hydrogen-bond acceptors (Lipinski definition) is 13. The first-order valence-electron chi connectivity index (χ1n) is 27.5. The van der Waals surface area contributed by atoms with Crippen LogP contribution >= 0.6 is 23.1 Å². The summed E-state index contributed by atoms with van der Waals surface area (Å²) in [6, 6.07) is 75.4. The number of nitrogens with two attached hydrogens (primary N) is 1. The lowest BCUT2D eigenvalue weighted by Gasteiger charge is -2.49. The molecule has 0 unspecified atom stereocenters. The van der Waals surface area contributed by atoms with E-state index in [0.29, 0.717) is 49.6 Å². The number of anilines is 1. The number of amides is 2. The number of methoxy groups -OCH3 is 1. The number of esters is 2. The molecule has 0 saturated carbocycles. The highest BCUT2D eigenvalue weighted by Crippen LogP contribution is 2.52. The number of oxime groups is 1. The molecule has 9 aromatic rings. The van der Waals surface area contributed by atoms with Crippen LogP contribution in [0.3, 0.4) is 0 Å². The van der Waals surface area contributed by atoms with E-state index in [1.54, 1.807) is 6.92 Å². The fourth-order valence-corrected chi connectivity index (χ4v) is 13.8. The van der Waals surface area contributed by atoms with Crippen molar-refractivity contribution in [3.63, 3.8) is 0 Å². The Bertz CT molecular complexity index is 3890. The maximum Gasteiger partial charge on any atom is 0.356 e. The number of β-lactam (4-membered cyclic amide) rings is 1. The van der Waals surface area contributed by atoms with Crippen LogP contribution in [0.1, 0.15) is 62.5 Å². The van der Waals surface area contributed by atoms with Gasteiger partial charge in [0.1, 0.15) is 39.0 Å². The van der Waals surface area contributed by atoms with E-state index in [4.69, 9.17) is 29.8 Å². The number of nitrogens with one attached hydrogen (secondary N) is 1. The van der Waals surface area contributed by atoms with Gasteiger partial charge in [-0.2, -0.15) is 0 Å². The summed E-state index contributed by atoms with van der Waals surface area (Å²) in [6.45, 7) is 1.58. The molecule has 13 nitrogen and oxygen atoms in total. The van der Waals surface area contributed by atoms with E-state index in [-0.39, 0.29) is 28.5 Å². The van der Waals surface area contributed by atoms with Crippen LogP contribution in [-0.2, 0) is 49.2 Å². The van der Waals surface area contributed by atoms with Crippen molar-refractivity contribution in [3.05, 3.63) is 321 Å². The second-order valence-electron chi connectivity index (χ2n) is 20.3. The first kappa shape index (κ1) is 55.4. The molecule has 0 radical (unpaired) electrons. The predicted molar refractivity (Wildman–Crippen MR) is 329 cm³/mol. The third-order valence-corrected chi connectivity index (χ3v) is 17.7. The highest BCUT2D eigenvalue weighted by molar-refractivity contribution is 8.00. The Labute approximate surface area is 499 Å². The number of carbonyl (C=O) groups is 4. The van der Waals surface area contributed by atoms with Gasteiger partial charge in [0.15, 0.2) is 17.6 Å². The van der Waals surface area contributed by atoms with Gasteiger partial charge in [0.2, 0.25) is 5.60 Å². The molecule has 3 N–H and O–H groups in total. The first-order valence-corrected chi connectivity index (χ1v) is 29.3. The molecular weight excluding hydrogens is 1100 g/mol. The average Bonchev–Trinajstić information content (AvgIpc) is 3.99. The van der Waals surface area contributed by atoms with Crippen LogP contribution in [-0.4, -0.2) is 64.1 Å². The Morgan fingerprint density at radius 1 is 0.694 bits per heavy atom. The minimum atomic E-state index is -1.53. The van der Waals surface area contributed by atoms with Crippen LogP contribution in [0.4, 0.5) is 5.00 Å². The molecule has 12 rings (SSSR count). The number of ether oxygens (including phenoxy) is 3. The smallest absolute Gasteiger partial charge is 0.356 e. The second kappa shape index (κ2) is 24.0. The molecule has 1 aromatic heterocycles. The Morgan fingerprint density at radius 2 is 1.18 bits per heavy atom. The van der Waals surface area contributed by atoms with Crippen molar-refractivity contribution in [1.82, 2.24) is 15.2 Å². The number of carbonyl (C=O) groups excluding carboxylic acids is 4. The van der Waals surface area contributed by atoms with Gasteiger partial charge >= 0.3 is 11.9 Å². The molecule has 4 heterocycles. The summed E-state index contributed by atoms with van der Waals surface area (Å²) in [4.78, 5) is 70.3. The van der Waals surface area contributed by atoms with Gasteiger partial charge in [-0.3, -0.25) is 14.5 Å². The number of fused-ring (bicyclic) bond motifs is 1. The van der Waals surface area contributed by atoms with Gasteiger partial charge in [-0.05, 0) is 46.4 Å². The van der Waals surface area contributed by atoms with E-state index in [9.17, 15) is 19.2 Å². The summed E-state index contributed by atoms with van der Waals surface area (Å²) in [5.74, 6) is -2.26. The van der Waals surface area contributed by atoms with E-state index >= 15 is 0 Å². The van der Waals surface area contributed by atoms with E-state index in [2.05, 4.69) is 46.9 Å². The number of nitrogen functional groups attached to an aromatic ring is 1. The van der Waals surface area contributed by atoms with E-state index in [1.807, 2.05) is 200 Å². The summed E-state index contributed by atoms with van der Waals surface area (Å²) < 4.78 is 17.5. The van der Waals surface area contributed by atoms with Crippen LogP contribution in [0.15, 0.2) is 276 Å². The normalized spacial score (nSPS) is 16.5. The molecular formula is C70H55N5O8S2. The van der Waals surface area contributed by atoms with Crippen LogP contribution in [0.2, 0.25) is 0 Å². The Hall–Kier alpha value is -10.1. The average molecular weight is 1160 g/mol. The van der Waals surface area contributed by atoms with Crippen LogP contribution in [0, 0.1) is 0 Å². The molecule has 3 aliphatic heterocycles. The van der Waals surface area contributed by atoms with Gasteiger partial charge in [0, 0.05) is 28.0 Å². The molecule has 2 atom stereocenters. The number of allylic oxidation sites excluding steroid dienone is 1. The van der Waals surface area contributed by atoms with Gasteiger partial charge in [-0.25, -0.2) is 14.6 Å². The van der Waals surface area contributed by atoms with Gasteiger partial charge < -0.3 is 30.1 Å². The van der Waals surface area contributed by atoms with Crippen molar-refractivity contribution in [2.45, 2.75) is 35.5 Å². The largest absolute Gasteiger partial charge is 0.492 e. The van der Waals surface area contributed by atoms with Crippen molar-refractivity contribution < 1.29 is 38.2 Å². The topological polar surface area (TPSA) is 172 Å². The van der Waals surface area contributed by atoms with Crippen molar-refractivity contribution in [3.8, 4) is 11.3 Å². The summed E-state index contributed by atoms with van der Waals surface area (Å²) in [7, 11) is 1.42. The van der Waals surface area contributed by atoms with E-state index < -0.39 is 52.3 Å². The fraction of sp³-hybridized carbons (Fsp3) is 0.114. The standard InChI is InChI=1S/C70H55N5O8S2/c1-45-61(80-2)56(81-66(45)78)42-48-44-84-65-59(64(77)75(65)60(48)67(79)82-62(46-26-10-3-11-27-46)47-28-12-4-13-29-47)73-57(76)43-72-83-70(52-36-20-8-21-37-52,53-38-22-9-23-39-53)55-41-25-24-40-54(55)58-63(71)85-68(74-58)69(49-30-14-5-15-31-49,50-32-16-6-17-33-50)51-34-18-7-19-35-51/h3-43,59,62,65H,44,71H2,1-2H3,(H,73,76)/b56-42-,72-43-/t59-,65-/m1/s1. The molecule has 3 aliphatic rings. The molecule has 1 saturated heterocycles. The summed E-state index contributed by atoms with van der Waals surface area (Å²) in [5.41, 5.74) is 13.0. The van der Waals surface area contributed by atoms with E-state index in [1.165, 1.54) is 41.2 Å². The number of rotatable bonds is 18. The number of thioether (sulfide) groups is 1. The maximum atomic E-state index is 14.8. The molecule has 420 valence electrons. The molecule has 2 amide bonds. The minimum Gasteiger partial charge on any atom is -0.492 e. The Kier molecular flexibility index (Phi) is 15.7. The number of benzene rings is 8. The molecule has 0 bridgehead atoms. The highest BCUT2D eigenvalue weighted by atomic mass is 32.2. The van der Waals surface area contributed by atoms with Crippen molar-refractivity contribution >= 4 is 58.1 Å². The van der Waals surface area contributed by atoms with Gasteiger partial charge in [0.25, 0.3) is 11.8 Å². The minimum absolute atomic E-state index is 0.0652. The van der Waals surface area contributed by atoms with Crippen molar-refractivity contribution in [1.29, 1.82) is 0 Å². The second-order valence-corrected chi connectivity index (χ2v) is 22.4. The summed E-state index contributed by atoms with van der Waals surface area (Å²) >= 11 is 2.73. The predicted octanol–water partition coefficient (Wildman–Crippen LogP) is 12.4. The molecule has 8 aromatic carbocycles. The van der Waals surface area contributed by atoms with Gasteiger partial charge in [0.05, 0.1) is 18.1 Å². The van der Waals surface area contributed by atoms with Crippen molar-refractivity contribution in [2.24, 2.45) is 5.16 Å². The Morgan fingerprint density at radius 3 is 1.69 bits per heavy atom. The number of thiazole rings is 1. The van der Waals surface area contributed by atoms with Gasteiger partial charge in [-0.1, -0.05) is 253 Å². The monoisotopic (exact) mass is 1160 g/mol. The SMILES string of the molecule is COC1=C(C)C(=O)O/C1=C\C1=C(C(=O)OC(c2ccccc2)c2ccccc2)N2C(=O)[C@@H](NC(=O)/C=N\OC(c3ccccc3)(c3ccccc3)c3ccccc3-c3nc(C(c4ccccc4)(c4ccccc4)c4ccccc4)sc3N)[C@H]2SC1. The Balaban J connectivity index is 0.891. The zero-order chi connectivity index (χ0) is 58.5. The lowest BCUT2D eigenvalue weighted by atomic mass is 9.70. The zero-order valence-electron chi connectivity index (χ0n) is 46.1. The number of hydrogen-bond donors (Lipinski definition) is 2. The quantitative estimate of drug-likeness (QED) is 0.0275. The number of cyclic esters (lactones) is 1. The fourth-order valence-electron chi connectivity index (χ4n) is 11.4. The van der Waals surface area contributed by atoms with Crippen LogP contribution in [0.5, 0.6) is 0 Å². The lowest BCUT2D eigenvalue weighted by Crippen LogP contribution is -2.70. The lowest BCUT2D eigenvalue weighted by molar-refractivity contribution is -0.154. The summed E-state index contributed by atoms with van der Waals surface area (Å²) in [5, 5.41) is 7.83. The maximum absolute atomic E-state index is 14.8. The van der Waals surface area contributed by atoms with Gasteiger partial charge in [-0.15, -0.1) is 11.8 Å². The molecule has 1 fully saturated rings. The third-order valence-electron chi connectivity index (χ3n) is 15.4. The van der Waals surface area contributed by atoms with Crippen LogP contribution in [0.25, 0.3) is 11.3 Å². The molecule has 0 aliphatic carbocycles. The third kappa shape index (κ3) is 10.3. The zero-order valence-corrected chi connectivity index (χ0v) is 47.7. The number of aromatic nitrogens is 1. The first-order chi connectivity index (χ1) is 41.6. The molecule has 0 spiro atoms.